The van der Waals surface area contributed by atoms with Crippen molar-refractivity contribution in [2.24, 2.45) is 0 Å². The molecule has 104 valence electrons. The Bertz CT molecular complexity index is 450. The molecular weight excluding hydrogens is 284 g/mol. The van der Waals surface area contributed by atoms with Crippen molar-refractivity contribution in [1.29, 1.82) is 0 Å². The molecule has 0 bridgehead atoms. The van der Waals surface area contributed by atoms with Crippen LogP contribution in [-0.2, 0) is 4.79 Å². The van der Waals surface area contributed by atoms with Crippen LogP contribution >= 0.6 is 23.1 Å². The number of amides is 2. The summed E-state index contributed by atoms with van der Waals surface area (Å²) in [6.07, 6.45) is 0. The summed E-state index contributed by atoms with van der Waals surface area (Å²) in [4.78, 5) is 24.7. The van der Waals surface area contributed by atoms with Gasteiger partial charge >= 0.3 is 12.0 Å². The number of hydrogen-bond donors (Lipinski definition) is 2. The summed E-state index contributed by atoms with van der Waals surface area (Å²) in [7, 11) is 0. The zero-order chi connectivity index (χ0) is 13.8. The van der Waals surface area contributed by atoms with Gasteiger partial charge in [-0.15, -0.1) is 0 Å². The van der Waals surface area contributed by atoms with Gasteiger partial charge in [0.1, 0.15) is 6.04 Å². The maximum atomic E-state index is 12.2. The summed E-state index contributed by atoms with van der Waals surface area (Å²) >= 11 is 3.14. The van der Waals surface area contributed by atoms with Gasteiger partial charge in [0.15, 0.2) is 0 Å². The summed E-state index contributed by atoms with van der Waals surface area (Å²) in [5.74, 6) is 0.296. The largest absolute Gasteiger partial charge is 0.480 e. The van der Waals surface area contributed by atoms with Crippen molar-refractivity contribution in [3.05, 3.63) is 22.4 Å². The molecule has 2 heterocycles. The summed E-state index contributed by atoms with van der Waals surface area (Å²) in [6.45, 7) is 2.37. The first kappa shape index (κ1) is 14.2. The number of carbonyl (C=O) groups is 2. The van der Waals surface area contributed by atoms with Gasteiger partial charge in [0.25, 0.3) is 0 Å². The smallest absolute Gasteiger partial charge is 0.327 e. The molecular formula is C12H16N2O3S2. The number of aliphatic carboxylic acids is 1. The van der Waals surface area contributed by atoms with E-state index in [9.17, 15) is 9.59 Å². The standard InChI is InChI=1S/C12H16N2O3S2/c1-8(9-2-4-18-6-9)13-12(17)14-3-5-19-7-10(14)11(15)16/h2,4,6,8,10H,3,5,7H2,1H3,(H,13,17)(H,15,16). The fourth-order valence-electron chi connectivity index (χ4n) is 1.92. The SMILES string of the molecule is CC(NC(=O)N1CCSCC1C(=O)O)c1ccsc1. The van der Waals surface area contributed by atoms with Crippen LogP contribution in [0.1, 0.15) is 18.5 Å². The van der Waals surface area contributed by atoms with Gasteiger partial charge in [-0.2, -0.15) is 23.1 Å². The van der Waals surface area contributed by atoms with Crippen molar-refractivity contribution in [2.45, 2.75) is 19.0 Å². The van der Waals surface area contributed by atoms with E-state index in [2.05, 4.69) is 5.32 Å². The van der Waals surface area contributed by atoms with E-state index in [1.807, 2.05) is 23.8 Å². The highest BCUT2D eigenvalue weighted by Gasteiger charge is 2.32. The molecule has 0 radical (unpaired) electrons. The van der Waals surface area contributed by atoms with Crippen molar-refractivity contribution in [3.63, 3.8) is 0 Å². The number of rotatable bonds is 3. The number of hydrogen-bond acceptors (Lipinski definition) is 4. The molecule has 7 heteroatoms. The molecule has 2 N–H and O–H groups in total. The second-order valence-electron chi connectivity index (χ2n) is 4.35. The quantitative estimate of drug-likeness (QED) is 0.896. The van der Waals surface area contributed by atoms with E-state index in [-0.39, 0.29) is 12.1 Å². The van der Waals surface area contributed by atoms with E-state index < -0.39 is 12.0 Å². The third-order valence-corrected chi connectivity index (χ3v) is 4.78. The predicted molar refractivity (Wildman–Crippen MR) is 76.7 cm³/mol. The predicted octanol–water partition coefficient (Wildman–Crippen LogP) is 2.02. The number of carbonyl (C=O) groups excluding carboxylic acids is 1. The molecule has 1 aliphatic rings. The summed E-state index contributed by atoms with van der Waals surface area (Å²) in [5.41, 5.74) is 1.04. The zero-order valence-corrected chi connectivity index (χ0v) is 12.2. The number of urea groups is 1. The Morgan fingerprint density at radius 3 is 3.00 bits per heavy atom. The van der Waals surface area contributed by atoms with Crippen LogP contribution in [0.25, 0.3) is 0 Å². The molecule has 0 saturated carbocycles. The lowest BCUT2D eigenvalue weighted by molar-refractivity contribution is -0.141. The Balaban J connectivity index is 2.00. The lowest BCUT2D eigenvalue weighted by Gasteiger charge is -2.33. The highest BCUT2D eigenvalue weighted by Crippen LogP contribution is 2.19. The second-order valence-corrected chi connectivity index (χ2v) is 6.28. The topological polar surface area (TPSA) is 69.6 Å². The highest BCUT2D eigenvalue weighted by atomic mass is 32.2. The van der Waals surface area contributed by atoms with Crippen molar-refractivity contribution in [2.75, 3.05) is 18.1 Å². The lowest BCUT2D eigenvalue weighted by atomic mass is 10.2. The molecule has 1 aromatic heterocycles. The van der Waals surface area contributed by atoms with E-state index in [0.717, 1.165) is 11.3 Å². The molecule has 1 fully saturated rings. The first-order chi connectivity index (χ1) is 9.09. The minimum atomic E-state index is -0.939. The minimum Gasteiger partial charge on any atom is -0.480 e. The van der Waals surface area contributed by atoms with Crippen molar-refractivity contribution < 1.29 is 14.7 Å². The van der Waals surface area contributed by atoms with Crippen LogP contribution in [0.15, 0.2) is 16.8 Å². The van der Waals surface area contributed by atoms with Crippen LogP contribution < -0.4 is 5.32 Å². The van der Waals surface area contributed by atoms with Crippen LogP contribution in [-0.4, -0.2) is 46.1 Å². The molecule has 0 aliphatic carbocycles. The Kier molecular flexibility index (Phi) is 4.71. The van der Waals surface area contributed by atoms with Crippen LogP contribution in [0.5, 0.6) is 0 Å². The second kappa shape index (κ2) is 6.29. The van der Waals surface area contributed by atoms with E-state index in [0.29, 0.717) is 12.3 Å². The van der Waals surface area contributed by atoms with Crippen molar-refractivity contribution >= 4 is 35.1 Å². The summed E-state index contributed by atoms with van der Waals surface area (Å²) in [6, 6.07) is 0.818. The van der Waals surface area contributed by atoms with E-state index in [1.165, 1.54) is 4.90 Å². The Hall–Kier alpha value is -1.21. The molecule has 2 atom stereocenters. The zero-order valence-electron chi connectivity index (χ0n) is 10.5. The van der Waals surface area contributed by atoms with Crippen molar-refractivity contribution in [3.8, 4) is 0 Å². The monoisotopic (exact) mass is 300 g/mol. The molecule has 5 nitrogen and oxygen atoms in total. The molecule has 2 unspecified atom stereocenters. The number of carboxylic acid groups (broad SMARTS) is 1. The van der Waals surface area contributed by atoms with Gasteiger partial charge < -0.3 is 15.3 Å². The third kappa shape index (κ3) is 3.42. The molecule has 2 amide bonds. The fourth-order valence-corrected chi connectivity index (χ4v) is 3.72. The van der Waals surface area contributed by atoms with Crippen LogP contribution in [0.2, 0.25) is 0 Å². The normalized spacial score (nSPS) is 20.9. The number of thiophene rings is 1. The number of carboxylic acids is 1. The first-order valence-corrected chi connectivity index (χ1v) is 8.09. The Morgan fingerprint density at radius 2 is 2.37 bits per heavy atom. The van der Waals surface area contributed by atoms with E-state index in [4.69, 9.17) is 5.11 Å². The molecule has 2 rings (SSSR count). The number of thioether (sulfide) groups is 1. The van der Waals surface area contributed by atoms with Gasteiger partial charge in [-0.05, 0) is 29.3 Å². The van der Waals surface area contributed by atoms with Gasteiger partial charge in [-0.1, -0.05) is 0 Å². The minimum absolute atomic E-state index is 0.109. The molecule has 0 spiro atoms. The fraction of sp³-hybridized carbons (Fsp3) is 0.500. The van der Waals surface area contributed by atoms with Crippen LogP contribution in [0.4, 0.5) is 4.79 Å². The van der Waals surface area contributed by atoms with Gasteiger partial charge in [0.05, 0.1) is 6.04 Å². The number of nitrogens with one attached hydrogen (secondary N) is 1. The van der Waals surface area contributed by atoms with Gasteiger partial charge in [-0.3, -0.25) is 0 Å². The molecule has 0 aromatic carbocycles. The third-order valence-electron chi connectivity index (χ3n) is 3.06. The highest BCUT2D eigenvalue weighted by molar-refractivity contribution is 7.99. The summed E-state index contributed by atoms with van der Waals surface area (Å²) in [5, 5.41) is 15.9. The maximum Gasteiger partial charge on any atom is 0.327 e. The van der Waals surface area contributed by atoms with Crippen molar-refractivity contribution in [1.82, 2.24) is 10.2 Å². The van der Waals surface area contributed by atoms with Gasteiger partial charge in [-0.25, -0.2) is 9.59 Å². The lowest BCUT2D eigenvalue weighted by Crippen LogP contribution is -2.54. The van der Waals surface area contributed by atoms with E-state index >= 15 is 0 Å². The molecule has 19 heavy (non-hydrogen) atoms. The summed E-state index contributed by atoms with van der Waals surface area (Å²) < 4.78 is 0. The number of nitrogens with zero attached hydrogens (tertiary/aromatic N) is 1. The van der Waals surface area contributed by atoms with E-state index in [1.54, 1.807) is 23.1 Å². The average molecular weight is 300 g/mol. The molecule has 1 saturated heterocycles. The van der Waals surface area contributed by atoms with Crippen LogP contribution in [0, 0.1) is 0 Å². The maximum absolute atomic E-state index is 12.2. The first-order valence-electron chi connectivity index (χ1n) is 5.99. The Labute approximate surface area is 120 Å². The average Bonchev–Trinajstić information content (AvgIpc) is 2.92. The van der Waals surface area contributed by atoms with Crippen LogP contribution in [0.3, 0.4) is 0 Å². The Morgan fingerprint density at radius 1 is 1.58 bits per heavy atom. The molecule has 1 aromatic rings. The molecule has 1 aliphatic heterocycles. The van der Waals surface area contributed by atoms with Gasteiger partial charge in [0.2, 0.25) is 0 Å². The van der Waals surface area contributed by atoms with Gasteiger partial charge in [0, 0.05) is 18.1 Å².